The molecule has 1 nitrogen and oxygen atoms in total. The van der Waals surface area contributed by atoms with E-state index in [2.05, 4.69) is 101 Å². The SMILES string of the molecule is CC(C)(C)n1c2ccc([Si](C)(C)C)cc2c2cc([Si](C)(C)C)ccc21. The van der Waals surface area contributed by atoms with Crippen LogP contribution in [0.25, 0.3) is 21.8 Å². The molecular weight excluding hydrogens is 334 g/mol. The number of nitrogens with zero attached hydrogens (tertiary/aromatic N) is 1. The number of benzene rings is 2. The van der Waals surface area contributed by atoms with Crippen LogP contribution in [0.2, 0.25) is 39.3 Å². The Balaban J connectivity index is 2.47. The minimum atomic E-state index is -1.33. The topological polar surface area (TPSA) is 4.93 Å². The minimum absolute atomic E-state index is 0.0708. The van der Waals surface area contributed by atoms with Gasteiger partial charge in [0.05, 0.1) is 16.1 Å². The molecule has 0 saturated heterocycles. The molecule has 3 rings (SSSR count). The van der Waals surface area contributed by atoms with Gasteiger partial charge < -0.3 is 4.57 Å². The lowest BCUT2D eigenvalue weighted by atomic mass is 10.1. The maximum atomic E-state index is 2.53. The molecule has 1 heterocycles. The third-order valence-electron chi connectivity index (χ3n) is 5.17. The summed E-state index contributed by atoms with van der Waals surface area (Å²) in [6, 6.07) is 14.4. The first-order valence-corrected chi connectivity index (χ1v) is 16.4. The van der Waals surface area contributed by atoms with Crippen molar-refractivity contribution in [1.82, 2.24) is 4.57 Å². The summed E-state index contributed by atoms with van der Waals surface area (Å²) in [5.41, 5.74) is 2.82. The van der Waals surface area contributed by atoms with Crippen LogP contribution in [0, 0.1) is 0 Å². The number of fused-ring (bicyclic) bond motifs is 3. The van der Waals surface area contributed by atoms with E-state index < -0.39 is 16.1 Å². The van der Waals surface area contributed by atoms with Crippen molar-refractivity contribution in [3.63, 3.8) is 0 Å². The summed E-state index contributed by atoms with van der Waals surface area (Å²) in [4.78, 5) is 0. The molecule has 25 heavy (non-hydrogen) atoms. The van der Waals surface area contributed by atoms with Gasteiger partial charge in [0.2, 0.25) is 0 Å². The largest absolute Gasteiger partial charge is 0.335 e. The molecule has 0 spiro atoms. The summed E-state index contributed by atoms with van der Waals surface area (Å²) < 4.78 is 2.53. The molecule has 0 fully saturated rings. The maximum Gasteiger partial charge on any atom is 0.0776 e. The zero-order valence-electron chi connectivity index (χ0n) is 17.4. The molecule has 1 aromatic heterocycles. The molecule has 0 saturated carbocycles. The summed E-state index contributed by atoms with van der Waals surface area (Å²) >= 11 is 0. The lowest BCUT2D eigenvalue weighted by Crippen LogP contribution is -2.37. The molecular formula is C22H33NSi2. The highest BCUT2D eigenvalue weighted by molar-refractivity contribution is 6.89. The van der Waals surface area contributed by atoms with Gasteiger partial charge in [-0.05, 0) is 32.9 Å². The molecule has 3 heteroatoms. The molecule has 0 bridgehead atoms. The average Bonchev–Trinajstić information content (AvgIpc) is 2.77. The second-order valence-electron chi connectivity index (χ2n) is 10.5. The van der Waals surface area contributed by atoms with Crippen LogP contribution in [-0.4, -0.2) is 20.7 Å². The first-order valence-electron chi connectivity index (χ1n) is 9.40. The Hall–Kier alpha value is -1.33. The fraction of sp³-hybridized carbons (Fsp3) is 0.455. The van der Waals surface area contributed by atoms with Gasteiger partial charge in [-0.25, -0.2) is 0 Å². The minimum Gasteiger partial charge on any atom is -0.335 e. The van der Waals surface area contributed by atoms with Gasteiger partial charge in [0.25, 0.3) is 0 Å². The van der Waals surface area contributed by atoms with Crippen molar-refractivity contribution in [3.8, 4) is 0 Å². The smallest absolute Gasteiger partial charge is 0.0776 e. The van der Waals surface area contributed by atoms with Crippen LogP contribution in [0.15, 0.2) is 36.4 Å². The molecule has 134 valence electrons. The van der Waals surface area contributed by atoms with E-state index in [0.29, 0.717) is 0 Å². The van der Waals surface area contributed by atoms with Crippen molar-refractivity contribution < 1.29 is 0 Å². The van der Waals surface area contributed by atoms with E-state index in [1.807, 2.05) is 0 Å². The van der Waals surface area contributed by atoms with E-state index in [9.17, 15) is 0 Å². The van der Waals surface area contributed by atoms with E-state index in [4.69, 9.17) is 0 Å². The van der Waals surface area contributed by atoms with Crippen molar-refractivity contribution in [1.29, 1.82) is 0 Å². The molecule has 0 aliphatic carbocycles. The van der Waals surface area contributed by atoms with Crippen molar-refractivity contribution in [3.05, 3.63) is 36.4 Å². The number of aromatic nitrogens is 1. The fourth-order valence-electron chi connectivity index (χ4n) is 3.68. The van der Waals surface area contributed by atoms with Crippen molar-refractivity contribution >= 4 is 48.3 Å². The van der Waals surface area contributed by atoms with Crippen LogP contribution >= 0.6 is 0 Å². The Kier molecular flexibility index (Phi) is 4.12. The molecule has 2 aromatic carbocycles. The maximum absolute atomic E-state index is 2.53. The Morgan fingerprint density at radius 1 is 0.640 bits per heavy atom. The van der Waals surface area contributed by atoms with Crippen LogP contribution in [0.3, 0.4) is 0 Å². The first kappa shape index (κ1) is 18.5. The van der Waals surface area contributed by atoms with Gasteiger partial charge in [-0.2, -0.15) is 0 Å². The summed E-state index contributed by atoms with van der Waals surface area (Å²) in [6.07, 6.45) is 0. The van der Waals surface area contributed by atoms with E-state index in [1.165, 1.54) is 21.8 Å². The van der Waals surface area contributed by atoms with E-state index in [1.54, 1.807) is 10.4 Å². The van der Waals surface area contributed by atoms with Gasteiger partial charge in [-0.1, -0.05) is 73.9 Å². The Morgan fingerprint density at radius 3 is 1.28 bits per heavy atom. The van der Waals surface area contributed by atoms with Gasteiger partial charge in [-0.3, -0.25) is 0 Å². The Bertz CT molecular complexity index is 873. The van der Waals surface area contributed by atoms with Crippen LogP contribution in [0.5, 0.6) is 0 Å². The molecule has 0 aliphatic heterocycles. The van der Waals surface area contributed by atoms with Crippen LogP contribution < -0.4 is 10.4 Å². The molecule has 0 aliphatic rings. The second-order valence-corrected chi connectivity index (χ2v) is 20.6. The molecule has 0 atom stereocenters. The highest BCUT2D eigenvalue weighted by atomic mass is 28.3. The van der Waals surface area contributed by atoms with Gasteiger partial charge >= 0.3 is 0 Å². The van der Waals surface area contributed by atoms with E-state index in [-0.39, 0.29) is 5.54 Å². The fourth-order valence-corrected chi connectivity index (χ4v) is 6.00. The second kappa shape index (κ2) is 5.58. The predicted molar refractivity (Wildman–Crippen MR) is 120 cm³/mol. The number of hydrogen-bond donors (Lipinski definition) is 0. The third-order valence-corrected chi connectivity index (χ3v) is 9.25. The predicted octanol–water partition coefficient (Wildman–Crippen LogP) is 5.64. The standard InChI is InChI=1S/C22H33NSi2/c1-22(2,3)23-20-12-10-16(24(4,5)6)14-18(20)19-15-17(25(7,8)9)11-13-21(19)23/h10-15H,1-9H3. The van der Waals surface area contributed by atoms with Crippen molar-refractivity contribution in [2.45, 2.75) is 65.6 Å². The lowest BCUT2D eigenvalue weighted by Gasteiger charge is -2.25. The van der Waals surface area contributed by atoms with Gasteiger partial charge in [0.15, 0.2) is 0 Å². The monoisotopic (exact) mass is 367 g/mol. The van der Waals surface area contributed by atoms with Crippen molar-refractivity contribution in [2.24, 2.45) is 0 Å². The molecule has 0 radical (unpaired) electrons. The molecule has 3 aromatic rings. The lowest BCUT2D eigenvalue weighted by molar-refractivity contribution is 0.423. The molecule has 0 amide bonds. The van der Waals surface area contributed by atoms with Gasteiger partial charge in [0.1, 0.15) is 0 Å². The quantitative estimate of drug-likeness (QED) is 0.517. The summed E-state index contributed by atoms with van der Waals surface area (Å²) in [6.45, 7) is 21.5. The zero-order chi connectivity index (χ0) is 18.8. The summed E-state index contributed by atoms with van der Waals surface area (Å²) in [5, 5.41) is 5.97. The van der Waals surface area contributed by atoms with Gasteiger partial charge in [0, 0.05) is 27.3 Å². The third kappa shape index (κ3) is 3.24. The van der Waals surface area contributed by atoms with Crippen molar-refractivity contribution in [2.75, 3.05) is 0 Å². The molecule has 0 N–H and O–H groups in total. The summed E-state index contributed by atoms with van der Waals surface area (Å²) in [7, 11) is -2.65. The highest BCUT2D eigenvalue weighted by Crippen LogP contribution is 2.33. The number of hydrogen-bond acceptors (Lipinski definition) is 0. The molecule has 0 unspecified atom stereocenters. The normalized spacial score (nSPS) is 13.8. The van der Waals surface area contributed by atoms with E-state index in [0.717, 1.165) is 0 Å². The number of rotatable bonds is 2. The summed E-state index contributed by atoms with van der Waals surface area (Å²) in [5.74, 6) is 0. The Morgan fingerprint density at radius 2 is 1.00 bits per heavy atom. The zero-order valence-corrected chi connectivity index (χ0v) is 19.4. The van der Waals surface area contributed by atoms with Crippen LogP contribution in [0.4, 0.5) is 0 Å². The van der Waals surface area contributed by atoms with Crippen LogP contribution in [-0.2, 0) is 5.54 Å². The van der Waals surface area contributed by atoms with Gasteiger partial charge in [-0.15, -0.1) is 0 Å². The highest BCUT2D eigenvalue weighted by Gasteiger charge is 2.24. The Labute approximate surface area is 155 Å². The first-order chi connectivity index (χ1) is 11.3. The average molecular weight is 368 g/mol. The van der Waals surface area contributed by atoms with Crippen LogP contribution in [0.1, 0.15) is 20.8 Å². The van der Waals surface area contributed by atoms with E-state index >= 15 is 0 Å².